The molecule has 0 saturated carbocycles. The third-order valence-corrected chi connectivity index (χ3v) is 5.25. The third-order valence-electron chi connectivity index (χ3n) is 5.25. The Balaban J connectivity index is 1.56. The molecule has 0 aliphatic carbocycles. The summed E-state index contributed by atoms with van der Waals surface area (Å²) >= 11 is 0. The highest BCUT2D eigenvalue weighted by Gasteiger charge is 2.18. The second-order valence-electron chi connectivity index (χ2n) is 7.44. The Morgan fingerprint density at radius 2 is 1.88 bits per heavy atom. The number of carbonyl (C=O) groups excluding carboxylic acids is 1. The van der Waals surface area contributed by atoms with E-state index in [2.05, 4.69) is 20.5 Å². The fraction of sp³-hybridized carbons (Fsp3) is 0.333. The average molecular weight is 449 g/mol. The summed E-state index contributed by atoms with van der Waals surface area (Å²) in [6.07, 6.45) is 5.21. The van der Waals surface area contributed by atoms with Gasteiger partial charge in [-0.05, 0) is 51.5 Å². The summed E-state index contributed by atoms with van der Waals surface area (Å²) in [6, 6.07) is 7.53. The molecule has 0 aliphatic heterocycles. The highest BCUT2D eigenvalue weighted by atomic mass is 16.5. The van der Waals surface area contributed by atoms with Crippen molar-refractivity contribution in [2.45, 2.75) is 40.8 Å². The maximum absolute atomic E-state index is 13.0. The van der Waals surface area contributed by atoms with Gasteiger partial charge in [-0.1, -0.05) is 6.07 Å². The number of nitrogens with one attached hydrogen (secondary N) is 1. The van der Waals surface area contributed by atoms with Gasteiger partial charge in [0, 0.05) is 31.0 Å². The molecular weight excluding hydrogens is 420 g/mol. The molecule has 3 heterocycles. The van der Waals surface area contributed by atoms with Crippen LogP contribution in [0.4, 0.5) is 0 Å². The van der Waals surface area contributed by atoms with Crippen LogP contribution in [0.5, 0.6) is 11.5 Å². The van der Waals surface area contributed by atoms with Crippen LogP contribution >= 0.6 is 0 Å². The highest BCUT2D eigenvalue weighted by molar-refractivity contribution is 5.99. The van der Waals surface area contributed by atoms with Gasteiger partial charge in [0.15, 0.2) is 17.1 Å². The second-order valence-corrected chi connectivity index (χ2v) is 7.44. The molecule has 3 aromatic heterocycles. The fourth-order valence-corrected chi connectivity index (χ4v) is 3.67. The highest BCUT2D eigenvalue weighted by Crippen LogP contribution is 2.28. The van der Waals surface area contributed by atoms with Crippen LogP contribution in [0.2, 0.25) is 0 Å². The van der Waals surface area contributed by atoms with Crippen molar-refractivity contribution in [3.05, 3.63) is 59.7 Å². The normalized spacial score (nSPS) is 11.0. The number of aromatic nitrogens is 5. The summed E-state index contributed by atoms with van der Waals surface area (Å²) in [5, 5.41) is 11.9. The summed E-state index contributed by atoms with van der Waals surface area (Å²) in [7, 11) is 0. The quantitative estimate of drug-likeness (QED) is 0.420. The van der Waals surface area contributed by atoms with E-state index in [-0.39, 0.29) is 5.91 Å². The summed E-state index contributed by atoms with van der Waals surface area (Å²) in [5.74, 6) is 1.11. The van der Waals surface area contributed by atoms with Crippen LogP contribution < -0.4 is 14.8 Å². The maximum Gasteiger partial charge on any atom is 0.257 e. The predicted molar refractivity (Wildman–Crippen MR) is 125 cm³/mol. The smallest absolute Gasteiger partial charge is 0.257 e. The van der Waals surface area contributed by atoms with E-state index in [1.807, 2.05) is 62.8 Å². The number of aryl methyl sites for hydroxylation is 2. The van der Waals surface area contributed by atoms with E-state index in [1.165, 1.54) is 0 Å². The molecule has 0 aliphatic rings. The van der Waals surface area contributed by atoms with Gasteiger partial charge in [0.05, 0.1) is 30.8 Å². The summed E-state index contributed by atoms with van der Waals surface area (Å²) in [4.78, 5) is 17.4. The lowest BCUT2D eigenvalue weighted by Crippen LogP contribution is -2.22. The molecule has 1 amide bonds. The number of fused-ring (bicyclic) bond motifs is 1. The molecule has 1 aromatic carbocycles. The summed E-state index contributed by atoms with van der Waals surface area (Å²) in [6.45, 7) is 10.0. The first-order valence-corrected chi connectivity index (χ1v) is 11.1. The molecule has 4 rings (SSSR count). The average Bonchev–Trinajstić information content (AvgIpc) is 3.42. The molecule has 9 nitrogen and oxygen atoms in total. The molecule has 33 heavy (non-hydrogen) atoms. The first-order valence-electron chi connectivity index (χ1n) is 11.1. The standard InChI is InChI=1S/C24H28N6O3/c1-5-29-15-19(16(4)28-29)20-10-11-25-23-18(14-27-30(20)23)24(31)26-13-17-8-9-21(32-6-2)22(12-17)33-7-3/h8-12,14-15H,5-7,13H2,1-4H3,(H,26,31). The Labute approximate surface area is 192 Å². The lowest BCUT2D eigenvalue weighted by molar-refractivity contribution is 0.0952. The van der Waals surface area contributed by atoms with E-state index >= 15 is 0 Å². The van der Waals surface area contributed by atoms with Crippen molar-refractivity contribution in [1.29, 1.82) is 0 Å². The lowest BCUT2D eigenvalue weighted by atomic mass is 10.2. The molecule has 172 valence electrons. The molecule has 9 heteroatoms. The lowest BCUT2D eigenvalue weighted by Gasteiger charge is -2.12. The minimum Gasteiger partial charge on any atom is -0.490 e. The van der Waals surface area contributed by atoms with Crippen LogP contribution in [0.25, 0.3) is 16.9 Å². The van der Waals surface area contributed by atoms with Crippen molar-refractivity contribution in [2.75, 3.05) is 13.2 Å². The number of nitrogens with zero attached hydrogens (tertiary/aromatic N) is 5. The molecular formula is C24H28N6O3. The number of benzene rings is 1. The molecule has 0 bridgehead atoms. The van der Waals surface area contributed by atoms with Gasteiger partial charge in [0.25, 0.3) is 5.91 Å². The van der Waals surface area contributed by atoms with Crippen molar-refractivity contribution in [3.63, 3.8) is 0 Å². The first kappa shape index (κ1) is 22.3. The van der Waals surface area contributed by atoms with E-state index < -0.39 is 0 Å². The van der Waals surface area contributed by atoms with E-state index in [0.717, 1.165) is 29.1 Å². The van der Waals surface area contributed by atoms with Crippen LogP contribution in [-0.2, 0) is 13.1 Å². The van der Waals surface area contributed by atoms with E-state index in [1.54, 1.807) is 16.9 Å². The summed E-state index contributed by atoms with van der Waals surface area (Å²) in [5.41, 5.74) is 4.50. The van der Waals surface area contributed by atoms with Gasteiger partial charge < -0.3 is 14.8 Å². The topological polar surface area (TPSA) is 95.6 Å². The van der Waals surface area contributed by atoms with E-state index in [9.17, 15) is 4.79 Å². The summed E-state index contributed by atoms with van der Waals surface area (Å²) < 4.78 is 14.8. The van der Waals surface area contributed by atoms with Crippen LogP contribution in [0.1, 0.15) is 42.4 Å². The molecule has 0 spiro atoms. The number of carbonyl (C=O) groups is 1. The number of hydrogen-bond acceptors (Lipinski definition) is 6. The van der Waals surface area contributed by atoms with Crippen molar-refractivity contribution in [3.8, 4) is 22.8 Å². The van der Waals surface area contributed by atoms with Crippen LogP contribution in [0.15, 0.2) is 42.9 Å². The van der Waals surface area contributed by atoms with Gasteiger partial charge in [0.1, 0.15) is 5.56 Å². The van der Waals surface area contributed by atoms with Crippen molar-refractivity contribution in [2.24, 2.45) is 0 Å². The van der Waals surface area contributed by atoms with Gasteiger partial charge in [0.2, 0.25) is 0 Å². The molecule has 0 saturated heterocycles. The molecule has 0 unspecified atom stereocenters. The Hall–Kier alpha value is -3.88. The zero-order chi connectivity index (χ0) is 23.4. The van der Waals surface area contributed by atoms with Crippen LogP contribution in [0.3, 0.4) is 0 Å². The number of ether oxygens (including phenoxy) is 2. The van der Waals surface area contributed by atoms with Gasteiger partial charge in [-0.2, -0.15) is 10.2 Å². The largest absolute Gasteiger partial charge is 0.490 e. The zero-order valence-corrected chi connectivity index (χ0v) is 19.3. The molecule has 0 atom stereocenters. The van der Waals surface area contributed by atoms with Crippen LogP contribution in [-0.4, -0.2) is 43.5 Å². The fourth-order valence-electron chi connectivity index (χ4n) is 3.67. The van der Waals surface area contributed by atoms with Crippen LogP contribution in [0, 0.1) is 6.92 Å². The molecule has 1 N–H and O–H groups in total. The number of amides is 1. The predicted octanol–water partition coefficient (Wildman–Crippen LogP) is 3.65. The van der Waals surface area contributed by atoms with Crippen molar-refractivity contribution >= 4 is 11.6 Å². The monoisotopic (exact) mass is 448 g/mol. The Morgan fingerprint density at radius 3 is 2.61 bits per heavy atom. The number of rotatable bonds is 9. The van der Waals surface area contributed by atoms with Crippen molar-refractivity contribution in [1.82, 2.24) is 29.7 Å². The molecule has 0 radical (unpaired) electrons. The van der Waals surface area contributed by atoms with Crippen molar-refractivity contribution < 1.29 is 14.3 Å². The van der Waals surface area contributed by atoms with Gasteiger partial charge in [-0.15, -0.1) is 0 Å². The van der Waals surface area contributed by atoms with Gasteiger partial charge in [-0.3, -0.25) is 9.48 Å². The SMILES string of the molecule is CCOc1ccc(CNC(=O)c2cnn3c(-c4cn(CC)nc4C)ccnc23)cc1OCC. The first-order chi connectivity index (χ1) is 16.0. The molecule has 4 aromatic rings. The van der Waals surface area contributed by atoms with Gasteiger partial charge in [-0.25, -0.2) is 9.50 Å². The minimum atomic E-state index is -0.248. The zero-order valence-electron chi connectivity index (χ0n) is 19.3. The molecule has 0 fully saturated rings. The minimum absolute atomic E-state index is 0.248. The van der Waals surface area contributed by atoms with Gasteiger partial charge >= 0.3 is 0 Å². The third kappa shape index (κ3) is 4.52. The Bertz CT molecular complexity index is 1280. The second kappa shape index (κ2) is 9.72. The maximum atomic E-state index is 13.0. The number of hydrogen-bond donors (Lipinski definition) is 1. The van der Waals surface area contributed by atoms with E-state index in [4.69, 9.17) is 9.47 Å². The Kier molecular flexibility index (Phi) is 6.58. The van der Waals surface area contributed by atoms with E-state index in [0.29, 0.717) is 42.5 Å². The Morgan fingerprint density at radius 1 is 1.09 bits per heavy atom.